The predicted molar refractivity (Wildman–Crippen MR) is 73.7 cm³/mol. The molecule has 1 rings (SSSR count). The van der Waals surface area contributed by atoms with Crippen LogP contribution in [0, 0.1) is 0 Å². The van der Waals surface area contributed by atoms with Crippen LogP contribution in [0.2, 0.25) is 5.02 Å². The smallest absolute Gasteiger partial charge is 0.251 e. The third-order valence-electron chi connectivity index (χ3n) is 2.68. The number of nitrogens with one attached hydrogen (secondary N) is 1. The average molecular weight is 271 g/mol. The van der Waals surface area contributed by atoms with Gasteiger partial charge < -0.3 is 16.2 Å². The van der Waals surface area contributed by atoms with Gasteiger partial charge in [0.1, 0.15) is 0 Å². The van der Waals surface area contributed by atoms with Crippen molar-refractivity contribution in [2.45, 2.75) is 32.3 Å². The number of anilines is 1. The summed E-state index contributed by atoms with van der Waals surface area (Å²) in [5.74, 6) is -0.269. The Balaban J connectivity index is 2.63. The molecular weight excluding hydrogens is 252 g/mol. The Morgan fingerprint density at radius 3 is 2.78 bits per heavy atom. The Hall–Kier alpha value is -1.26. The number of benzene rings is 1. The van der Waals surface area contributed by atoms with Gasteiger partial charge in [0.05, 0.1) is 16.3 Å². The van der Waals surface area contributed by atoms with Gasteiger partial charge in [-0.05, 0) is 31.5 Å². The normalized spacial score (nSPS) is 14.0. The van der Waals surface area contributed by atoms with Gasteiger partial charge in [-0.3, -0.25) is 4.79 Å². The first-order chi connectivity index (χ1) is 8.35. The maximum absolute atomic E-state index is 11.8. The predicted octanol–water partition coefficient (Wildman–Crippen LogP) is 2.20. The van der Waals surface area contributed by atoms with Crippen molar-refractivity contribution in [1.29, 1.82) is 0 Å². The highest BCUT2D eigenvalue weighted by Crippen LogP contribution is 2.19. The summed E-state index contributed by atoms with van der Waals surface area (Å²) in [5, 5.41) is 13.1. The highest BCUT2D eigenvalue weighted by Gasteiger charge is 2.20. The molecule has 0 bridgehead atoms. The van der Waals surface area contributed by atoms with E-state index >= 15 is 0 Å². The molecule has 1 amide bonds. The fourth-order valence-electron chi connectivity index (χ4n) is 1.68. The van der Waals surface area contributed by atoms with Crippen molar-refractivity contribution in [3.63, 3.8) is 0 Å². The molecule has 18 heavy (non-hydrogen) atoms. The van der Waals surface area contributed by atoms with Crippen LogP contribution in [0.1, 0.15) is 37.0 Å². The number of carbonyl (C=O) groups excluding carboxylic acids is 1. The summed E-state index contributed by atoms with van der Waals surface area (Å²) in [4.78, 5) is 11.8. The molecule has 4 nitrogen and oxygen atoms in total. The molecule has 0 spiro atoms. The third kappa shape index (κ3) is 4.20. The van der Waals surface area contributed by atoms with E-state index in [4.69, 9.17) is 17.3 Å². The van der Waals surface area contributed by atoms with Crippen LogP contribution in [-0.4, -0.2) is 23.2 Å². The van der Waals surface area contributed by atoms with Gasteiger partial charge in [0.15, 0.2) is 0 Å². The summed E-state index contributed by atoms with van der Waals surface area (Å²) in [6.45, 7) is 3.89. The topological polar surface area (TPSA) is 75.3 Å². The van der Waals surface area contributed by atoms with Gasteiger partial charge in [0.2, 0.25) is 0 Å². The number of carbonyl (C=O) groups is 1. The molecule has 1 atom stereocenters. The van der Waals surface area contributed by atoms with Crippen molar-refractivity contribution >= 4 is 23.2 Å². The largest absolute Gasteiger partial charge is 0.398 e. The zero-order valence-electron chi connectivity index (χ0n) is 10.7. The first-order valence-electron chi connectivity index (χ1n) is 5.91. The molecular formula is C13H19ClN2O2. The van der Waals surface area contributed by atoms with Crippen LogP contribution >= 0.6 is 11.6 Å². The van der Waals surface area contributed by atoms with Gasteiger partial charge in [-0.1, -0.05) is 24.9 Å². The number of rotatable bonds is 5. The van der Waals surface area contributed by atoms with Crippen molar-refractivity contribution in [2.24, 2.45) is 0 Å². The maximum atomic E-state index is 11.8. The number of nitrogen functional groups attached to an aromatic ring is 1. The van der Waals surface area contributed by atoms with Crippen LogP contribution in [0.5, 0.6) is 0 Å². The van der Waals surface area contributed by atoms with Crippen LogP contribution in [0.4, 0.5) is 5.69 Å². The van der Waals surface area contributed by atoms with E-state index < -0.39 is 5.60 Å². The first kappa shape index (κ1) is 14.8. The molecule has 1 unspecified atom stereocenters. The lowest BCUT2D eigenvalue weighted by Crippen LogP contribution is -2.40. The summed E-state index contributed by atoms with van der Waals surface area (Å²) in [6, 6.07) is 4.70. The molecule has 0 fully saturated rings. The van der Waals surface area contributed by atoms with Gasteiger partial charge in [0.25, 0.3) is 5.91 Å². The lowest BCUT2D eigenvalue weighted by molar-refractivity contribution is 0.0469. The number of halogens is 1. The Kier molecular flexibility index (Phi) is 4.99. The van der Waals surface area contributed by atoms with Crippen molar-refractivity contribution in [3.05, 3.63) is 28.8 Å². The van der Waals surface area contributed by atoms with Crippen LogP contribution < -0.4 is 11.1 Å². The summed E-state index contributed by atoms with van der Waals surface area (Å²) in [7, 11) is 0. The molecule has 4 N–H and O–H groups in total. The van der Waals surface area contributed by atoms with E-state index in [1.54, 1.807) is 19.1 Å². The van der Waals surface area contributed by atoms with Crippen LogP contribution in [0.3, 0.4) is 0 Å². The second-order valence-electron chi connectivity index (χ2n) is 4.67. The highest BCUT2D eigenvalue weighted by molar-refractivity contribution is 6.33. The molecule has 1 aromatic carbocycles. The van der Waals surface area contributed by atoms with Gasteiger partial charge in [0, 0.05) is 12.1 Å². The molecule has 0 heterocycles. The Morgan fingerprint density at radius 2 is 2.22 bits per heavy atom. The quantitative estimate of drug-likeness (QED) is 0.718. The average Bonchev–Trinajstić information content (AvgIpc) is 2.30. The number of aliphatic hydroxyl groups is 1. The Morgan fingerprint density at radius 1 is 1.56 bits per heavy atom. The van der Waals surface area contributed by atoms with E-state index in [1.807, 2.05) is 6.92 Å². The molecule has 1 aromatic rings. The van der Waals surface area contributed by atoms with Crippen LogP contribution in [-0.2, 0) is 0 Å². The minimum absolute atomic E-state index is 0.211. The fourth-order valence-corrected chi connectivity index (χ4v) is 1.80. The minimum atomic E-state index is -0.887. The van der Waals surface area contributed by atoms with E-state index in [1.165, 1.54) is 6.07 Å². The molecule has 0 saturated heterocycles. The van der Waals surface area contributed by atoms with Gasteiger partial charge in [-0.2, -0.15) is 0 Å². The Labute approximate surface area is 112 Å². The van der Waals surface area contributed by atoms with E-state index in [9.17, 15) is 9.90 Å². The van der Waals surface area contributed by atoms with E-state index in [-0.39, 0.29) is 12.5 Å². The molecule has 0 aromatic heterocycles. The van der Waals surface area contributed by atoms with Gasteiger partial charge >= 0.3 is 0 Å². The zero-order chi connectivity index (χ0) is 13.8. The molecule has 0 aliphatic heterocycles. The van der Waals surface area contributed by atoms with E-state index in [0.717, 1.165) is 6.42 Å². The first-order valence-corrected chi connectivity index (χ1v) is 6.29. The molecule has 5 heteroatoms. The lowest BCUT2D eigenvalue weighted by Gasteiger charge is -2.22. The second-order valence-corrected chi connectivity index (χ2v) is 5.07. The number of amides is 1. The number of hydrogen-bond acceptors (Lipinski definition) is 3. The number of hydrogen-bond donors (Lipinski definition) is 3. The van der Waals surface area contributed by atoms with Gasteiger partial charge in [-0.15, -0.1) is 0 Å². The van der Waals surface area contributed by atoms with E-state index in [0.29, 0.717) is 22.7 Å². The summed E-state index contributed by atoms with van der Waals surface area (Å²) in [5.41, 5.74) is 5.54. The molecule has 0 aliphatic rings. The summed E-state index contributed by atoms with van der Waals surface area (Å²) < 4.78 is 0. The fraction of sp³-hybridized carbons (Fsp3) is 0.462. The van der Waals surface area contributed by atoms with Crippen LogP contribution in [0.25, 0.3) is 0 Å². The molecule has 0 aliphatic carbocycles. The summed E-state index contributed by atoms with van der Waals surface area (Å²) in [6.07, 6.45) is 1.49. The molecule has 0 saturated carbocycles. The zero-order valence-corrected chi connectivity index (χ0v) is 11.4. The van der Waals surface area contributed by atoms with Crippen molar-refractivity contribution in [3.8, 4) is 0 Å². The summed E-state index contributed by atoms with van der Waals surface area (Å²) >= 11 is 5.78. The molecule has 100 valence electrons. The van der Waals surface area contributed by atoms with Crippen molar-refractivity contribution in [2.75, 3.05) is 12.3 Å². The van der Waals surface area contributed by atoms with Crippen LogP contribution in [0.15, 0.2) is 18.2 Å². The monoisotopic (exact) mass is 270 g/mol. The third-order valence-corrected chi connectivity index (χ3v) is 3.02. The van der Waals surface area contributed by atoms with Crippen molar-refractivity contribution in [1.82, 2.24) is 5.32 Å². The molecule has 0 radical (unpaired) electrons. The number of nitrogens with two attached hydrogens (primary N) is 1. The SMILES string of the molecule is CCCC(C)(O)CNC(=O)c1ccc(Cl)c(N)c1. The highest BCUT2D eigenvalue weighted by atomic mass is 35.5. The Bertz CT molecular complexity index is 433. The maximum Gasteiger partial charge on any atom is 0.251 e. The van der Waals surface area contributed by atoms with Gasteiger partial charge in [-0.25, -0.2) is 0 Å². The standard InChI is InChI=1S/C13H19ClN2O2/c1-3-6-13(2,18)8-16-12(17)9-4-5-10(14)11(15)7-9/h4-5,7,18H,3,6,8,15H2,1-2H3,(H,16,17). The minimum Gasteiger partial charge on any atom is -0.398 e. The van der Waals surface area contributed by atoms with Crippen molar-refractivity contribution < 1.29 is 9.90 Å². The lowest BCUT2D eigenvalue weighted by atomic mass is 10.0. The second kappa shape index (κ2) is 6.07. The van der Waals surface area contributed by atoms with E-state index in [2.05, 4.69) is 5.32 Å².